The van der Waals surface area contributed by atoms with E-state index in [2.05, 4.69) is 34.6 Å². The predicted molar refractivity (Wildman–Crippen MR) is 95.0 cm³/mol. The molecule has 0 aliphatic rings. The van der Waals surface area contributed by atoms with Gasteiger partial charge in [-0.3, -0.25) is 9.78 Å². The Balaban J connectivity index is 1.96. The summed E-state index contributed by atoms with van der Waals surface area (Å²) >= 11 is 0. The average molecular weight is 312 g/mol. The molecule has 0 radical (unpaired) electrons. The van der Waals surface area contributed by atoms with Crippen LogP contribution in [0.15, 0.2) is 42.7 Å². The zero-order valence-electron chi connectivity index (χ0n) is 14.0. The predicted octanol–water partition coefficient (Wildman–Crippen LogP) is 3.01. The number of carbonyl (C=O) groups excluding carboxylic acids is 1. The molecule has 0 spiro atoms. The highest BCUT2D eigenvalue weighted by atomic mass is 16.1. The van der Waals surface area contributed by atoms with Gasteiger partial charge in [0.05, 0.1) is 11.3 Å². The maximum Gasteiger partial charge on any atom is 0.257 e. The lowest BCUT2D eigenvalue weighted by molar-refractivity contribution is 0.102. The van der Waals surface area contributed by atoms with Crippen LogP contribution in [0.5, 0.6) is 0 Å². The summed E-state index contributed by atoms with van der Waals surface area (Å²) in [7, 11) is 4.11. The van der Waals surface area contributed by atoms with E-state index in [1.165, 1.54) is 0 Å². The van der Waals surface area contributed by atoms with Crippen molar-refractivity contribution in [3.05, 3.63) is 53.9 Å². The fraction of sp³-hybridized carbons (Fsp3) is 0.333. The molecule has 0 fully saturated rings. The maximum absolute atomic E-state index is 12.4. The van der Waals surface area contributed by atoms with E-state index in [1.54, 1.807) is 12.4 Å². The molecular formula is C18H24N4O. The lowest BCUT2D eigenvalue weighted by Crippen LogP contribution is -2.17. The van der Waals surface area contributed by atoms with Gasteiger partial charge >= 0.3 is 0 Å². The molecule has 0 aliphatic heterocycles. The number of nitrogens with one attached hydrogen (secondary N) is 2. The van der Waals surface area contributed by atoms with E-state index in [0.717, 1.165) is 36.4 Å². The Kier molecular flexibility index (Phi) is 6.11. The van der Waals surface area contributed by atoms with Crippen LogP contribution in [0.3, 0.4) is 0 Å². The Bertz CT molecular complexity index is 655. The van der Waals surface area contributed by atoms with Gasteiger partial charge in [-0.2, -0.15) is 0 Å². The Hall–Kier alpha value is -2.40. The molecule has 0 saturated carbocycles. The second kappa shape index (κ2) is 8.29. The average Bonchev–Trinajstić information content (AvgIpc) is 2.54. The minimum atomic E-state index is -0.149. The van der Waals surface area contributed by atoms with Crippen LogP contribution < -0.4 is 10.6 Å². The summed E-state index contributed by atoms with van der Waals surface area (Å²) < 4.78 is 0. The van der Waals surface area contributed by atoms with E-state index >= 15 is 0 Å². The molecular weight excluding hydrogens is 288 g/mol. The molecule has 0 saturated heterocycles. The number of pyridine rings is 1. The van der Waals surface area contributed by atoms with Crippen molar-refractivity contribution < 1.29 is 4.79 Å². The van der Waals surface area contributed by atoms with Gasteiger partial charge in [-0.05, 0) is 51.7 Å². The topological polar surface area (TPSA) is 57.3 Å². The van der Waals surface area contributed by atoms with Crippen molar-refractivity contribution in [2.24, 2.45) is 0 Å². The van der Waals surface area contributed by atoms with Gasteiger partial charge in [-0.15, -0.1) is 0 Å². The van der Waals surface area contributed by atoms with Gasteiger partial charge in [0.2, 0.25) is 0 Å². The summed E-state index contributed by atoms with van der Waals surface area (Å²) in [5, 5.41) is 6.22. The van der Waals surface area contributed by atoms with Crippen molar-refractivity contribution in [3.63, 3.8) is 0 Å². The SMILES string of the molecule is Cc1ccccc1NC(=O)c1cncc(NCCCN(C)C)c1. The summed E-state index contributed by atoms with van der Waals surface area (Å²) in [5.74, 6) is -0.149. The third-order valence-electron chi connectivity index (χ3n) is 3.50. The van der Waals surface area contributed by atoms with Crippen LogP contribution in [0.25, 0.3) is 0 Å². The lowest BCUT2D eigenvalue weighted by Gasteiger charge is -2.11. The van der Waals surface area contributed by atoms with Crippen molar-refractivity contribution in [2.45, 2.75) is 13.3 Å². The number of benzene rings is 1. The summed E-state index contributed by atoms with van der Waals surface area (Å²) in [5.41, 5.74) is 3.26. The number of aryl methyl sites for hydroxylation is 1. The number of aromatic nitrogens is 1. The molecule has 0 bridgehead atoms. The van der Waals surface area contributed by atoms with E-state index in [-0.39, 0.29) is 5.91 Å². The minimum absolute atomic E-state index is 0.149. The second-order valence-corrected chi connectivity index (χ2v) is 5.81. The van der Waals surface area contributed by atoms with Gasteiger partial charge in [-0.25, -0.2) is 0 Å². The molecule has 2 aromatic rings. The molecule has 0 atom stereocenters. The third-order valence-corrected chi connectivity index (χ3v) is 3.50. The highest BCUT2D eigenvalue weighted by Crippen LogP contribution is 2.15. The largest absolute Gasteiger partial charge is 0.384 e. The normalized spacial score (nSPS) is 10.6. The highest BCUT2D eigenvalue weighted by Gasteiger charge is 2.08. The molecule has 0 aliphatic carbocycles. The van der Waals surface area contributed by atoms with Gasteiger partial charge < -0.3 is 15.5 Å². The minimum Gasteiger partial charge on any atom is -0.384 e. The molecule has 23 heavy (non-hydrogen) atoms. The molecule has 1 aromatic carbocycles. The fourth-order valence-electron chi connectivity index (χ4n) is 2.20. The van der Waals surface area contributed by atoms with Crippen LogP contribution in [0.2, 0.25) is 0 Å². The van der Waals surface area contributed by atoms with Gasteiger partial charge in [0.25, 0.3) is 5.91 Å². The number of anilines is 2. The Morgan fingerprint density at radius 1 is 1.22 bits per heavy atom. The first-order valence-corrected chi connectivity index (χ1v) is 7.77. The van der Waals surface area contributed by atoms with Crippen LogP contribution in [0.1, 0.15) is 22.3 Å². The van der Waals surface area contributed by atoms with E-state index in [1.807, 2.05) is 37.3 Å². The molecule has 122 valence electrons. The second-order valence-electron chi connectivity index (χ2n) is 5.81. The zero-order chi connectivity index (χ0) is 16.7. The molecule has 1 amide bonds. The number of hydrogen-bond acceptors (Lipinski definition) is 4. The first-order chi connectivity index (χ1) is 11.1. The third kappa shape index (κ3) is 5.38. The quantitative estimate of drug-likeness (QED) is 0.772. The monoisotopic (exact) mass is 312 g/mol. The Morgan fingerprint density at radius 3 is 2.74 bits per heavy atom. The van der Waals surface area contributed by atoms with E-state index in [9.17, 15) is 4.79 Å². The Morgan fingerprint density at radius 2 is 2.00 bits per heavy atom. The van der Waals surface area contributed by atoms with Crippen LogP contribution >= 0.6 is 0 Å². The number of amides is 1. The van der Waals surface area contributed by atoms with Crippen LogP contribution in [0, 0.1) is 6.92 Å². The van der Waals surface area contributed by atoms with Crippen molar-refractivity contribution in [3.8, 4) is 0 Å². The van der Waals surface area contributed by atoms with E-state index < -0.39 is 0 Å². The van der Waals surface area contributed by atoms with Crippen molar-refractivity contribution >= 4 is 17.3 Å². The highest BCUT2D eigenvalue weighted by molar-refractivity contribution is 6.04. The number of rotatable bonds is 7. The number of nitrogens with zero attached hydrogens (tertiary/aromatic N) is 2. The van der Waals surface area contributed by atoms with Crippen LogP contribution in [0.4, 0.5) is 11.4 Å². The molecule has 1 aromatic heterocycles. The zero-order valence-corrected chi connectivity index (χ0v) is 14.0. The number of carbonyl (C=O) groups is 1. The van der Waals surface area contributed by atoms with Gasteiger partial charge in [-0.1, -0.05) is 18.2 Å². The summed E-state index contributed by atoms with van der Waals surface area (Å²) in [6, 6.07) is 9.55. The Labute approximate surface area is 137 Å². The summed E-state index contributed by atoms with van der Waals surface area (Å²) in [6.07, 6.45) is 4.35. The van der Waals surface area contributed by atoms with Crippen molar-refractivity contribution in [2.75, 3.05) is 37.8 Å². The summed E-state index contributed by atoms with van der Waals surface area (Å²) in [6.45, 7) is 3.84. The van der Waals surface area contributed by atoms with Gasteiger partial charge in [0, 0.05) is 24.6 Å². The molecule has 0 unspecified atom stereocenters. The van der Waals surface area contributed by atoms with Gasteiger partial charge in [0.1, 0.15) is 0 Å². The van der Waals surface area contributed by atoms with E-state index in [4.69, 9.17) is 0 Å². The maximum atomic E-state index is 12.4. The van der Waals surface area contributed by atoms with Crippen LogP contribution in [-0.2, 0) is 0 Å². The molecule has 5 nitrogen and oxygen atoms in total. The molecule has 2 N–H and O–H groups in total. The summed E-state index contributed by atoms with van der Waals surface area (Å²) in [4.78, 5) is 18.6. The lowest BCUT2D eigenvalue weighted by atomic mass is 10.2. The molecule has 5 heteroatoms. The van der Waals surface area contributed by atoms with Crippen LogP contribution in [-0.4, -0.2) is 43.0 Å². The smallest absolute Gasteiger partial charge is 0.257 e. The molecule has 2 rings (SSSR count). The van der Waals surface area contributed by atoms with E-state index in [0.29, 0.717) is 5.56 Å². The molecule has 1 heterocycles. The standard InChI is InChI=1S/C18H24N4O/c1-14-7-4-5-8-17(14)21-18(23)15-11-16(13-19-12-15)20-9-6-10-22(2)3/h4-5,7-8,11-13,20H,6,9-10H2,1-3H3,(H,21,23). The number of para-hydroxylation sites is 1. The first kappa shape index (κ1) is 17.0. The van der Waals surface area contributed by atoms with Crippen molar-refractivity contribution in [1.29, 1.82) is 0 Å². The first-order valence-electron chi connectivity index (χ1n) is 7.77. The number of hydrogen-bond donors (Lipinski definition) is 2. The van der Waals surface area contributed by atoms with Gasteiger partial charge in [0.15, 0.2) is 0 Å². The fourth-order valence-corrected chi connectivity index (χ4v) is 2.20. The van der Waals surface area contributed by atoms with Crippen molar-refractivity contribution in [1.82, 2.24) is 9.88 Å².